The summed E-state index contributed by atoms with van der Waals surface area (Å²) in [6.45, 7) is 0.0629. The smallest absolute Gasteiger partial charge is 0.257 e. The van der Waals surface area contributed by atoms with E-state index in [0.29, 0.717) is 6.07 Å². The second kappa shape index (κ2) is 4.20. The lowest BCUT2D eigenvalue weighted by atomic mass is 10.1. The van der Waals surface area contributed by atoms with Gasteiger partial charge < -0.3 is 4.90 Å². The summed E-state index contributed by atoms with van der Waals surface area (Å²) < 4.78 is 38.9. The van der Waals surface area contributed by atoms with E-state index in [4.69, 9.17) is 0 Å². The first-order valence-electron chi connectivity index (χ1n) is 4.95. The molecule has 0 atom stereocenters. The maximum atomic E-state index is 13.3. The van der Waals surface area contributed by atoms with E-state index >= 15 is 0 Å². The minimum Gasteiger partial charge on any atom is -0.331 e. The zero-order valence-corrected chi connectivity index (χ0v) is 8.67. The molecular formula is C11H8F3NO2. The van der Waals surface area contributed by atoms with Crippen molar-refractivity contribution in [2.24, 2.45) is 0 Å². The Kier molecular flexibility index (Phi) is 2.87. The molecule has 0 spiro atoms. The van der Waals surface area contributed by atoms with Gasteiger partial charge in [0.1, 0.15) is 0 Å². The van der Waals surface area contributed by atoms with Gasteiger partial charge in [-0.05, 0) is 12.1 Å². The van der Waals surface area contributed by atoms with Crippen molar-refractivity contribution in [1.29, 1.82) is 0 Å². The van der Waals surface area contributed by atoms with Gasteiger partial charge in [-0.25, -0.2) is 13.2 Å². The van der Waals surface area contributed by atoms with E-state index in [9.17, 15) is 22.8 Å². The van der Waals surface area contributed by atoms with Gasteiger partial charge in [0.2, 0.25) is 0 Å². The van der Waals surface area contributed by atoms with Crippen molar-refractivity contribution in [3.05, 3.63) is 35.1 Å². The number of carbonyl (C=O) groups is 2. The minimum absolute atomic E-state index is 0.114. The van der Waals surface area contributed by atoms with Crippen LogP contribution in [-0.4, -0.2) is 29.7 Å². The minimum atomic E-state index is -1.68. The second-order valence-corrected chi connectivity index (χ2v) is 3.74. The van der Waals surface area contributed by atoms with Crippen LogP contribution in [0.25, 0.3) is 0 Å². The summed E-state index contributed by atoms with van der Waals surface area (Å²) in [7, 11) is 0. The lowest BCUT2D eigenvalue weighted by molar-refractivity contribution is -0.116. The molecule has 0 saturated carbocycles. The third-order valence-corrected chi connectivity index (χ3v) is 2.58. The first-order valence-corrected chi connectivity index (χ1v) is 4.95. The molecule has 2 rings (SSSR count). The molecule has 3 nitrogen and oxygen atoms in total. The number of Topliss-reactive ketones (excluding diaryl/α,β-unsaturated/α-hetero) is 1. The van der Waals surface area contributed by atoms with Gasteiger partial charge in [-0.3, -0.25) is 9.59 Å². The van der Waals surface area contributed by atoms with E-state index in [1.807, 2.05) is 0 Å². The molecule has 1 heterocycles. The number of likely N-dealkylation sites (tertiary alicyclic amines) is 1. The highest BCUT2D eigenvalue weighted by atomic mass is 19.2. The fourth-order valence-corrected chi connectivity index (χ4v) is 1.67. The van der Waals surface area contributed by atoms with Crippen LogP contribution in [0.15, 0.2) is 12.1 Å². The van der Waals surface area contributed by atoms with Crippen LogP contribution < -0.4 is 0 Å². The number of halogens is 3. The van der Waals surface area contributed by atoms with Crippen LogP contribution in [0.5, 0.6) is 0 Å². The topological polar surface area (TPSA) is 37.4 Å². The summed E-state index contributed by atoms with van der Waals surface area (Å²) >= 11 is 0. The van der Waals surface area contributed by atoms with Crippen LogP contribution >= 0.6 is 0 Å². The van der Waals surface area contributed by atoms with Gasteiger partial charge in [0.15, 0.2) is 23.2 Å². The number of rotatable bonds is 1. The molecule has 0 bridgehead atoms. The van der Waals surface area contributed by atoms with E-state index in [-0.39, 0.29) is 25.3 Å². The number of amides is 1. The molecule has 6 heteroatoms. The highest BCUT2D eigenvalue weighted by Gasteiger charge is 2.28. The Morgan fingerprint density at radius 3 is 2.47 bits per heavy atom. The Bertz CT molecular complexity index is 502. The molecule has 1 aromatic carbocycles. The zero-order chi connectivity index (χ0) is 12.6. The maximum Gasteiger partial charge on any atom is 0.257 e. The molecule has 1 fully saturated rings. The van der Waals surface area contributed by atoms with Crippen LogP contribution in [0, 0.1) is 17.5 Å². The molecule has 0 unspecified atom stereocenters. The quantitative estimate of drug-likeness (QED) is 0.701. The fraction of sp³-hybridized carbons (Fsp3) is 0.273. The number of hydrogen-bond donors (Lipinski definition) is 0. The van der Waals surface area contributed by atoms with Crippen LogP contribution in [0.3, 0.4) is 0 Å². The average molecular weight is 243 g/mol. The number of ketones is 1. The van der Waals surface area contributed by atoms with E-state index in [2.05, 4.69) is 0 Å². The Labute approximate surface area is 94.8 Å². The molecule has 0 aromatic heterocycles. The van der Waals surface area contributed by atoms with Gasteiger partial charge in [0, 0.05) is 13.0 Å². The van der Waals surface area contributed by atoms with Crippen LogP contribution in [0.2, 0.25) is 0 Å². The Hall–Kier alpha value is -1.85. The molecule has 0 aliphatic carbocycles. The van der Waals surface area contributed by atoms with Gasteiger partial charge in [-0.2, -0.15) is 0 Å². The van der Waals surface area contributed by atoms with Gasteiger partial charge in [0.05, 0.1) is 12.1 Å². The third-order valence-electron chi connectivity index (χ3n) is 2.58. The standard InChI is InChI=1S/C11H8F3NO2/c12-8-2-1-7(9(13)10(8)14)11(17)15-4-3-6(16)5-15/h1-2H,3-5H2. The first kappa shape index (κ1) is 11.6. The lowest BCUT2D eigenvalue weighted by Gasteiger charge is -2.14. The maximum absolute atomic E-state index is 13.3. The van der Waals surface area contributed by atoms with E-state index in [0.717, 1.165) is 11.0 Å². The van der Waals surface area contributed by atoms with E-state index < -0.39 is 28.9 Å². The molecule has 1 aliphatic rings. The number of hydrogen-bond acceptors (Lipinski definition) is 2. The second-order valence-electron chi connectivity index (χ2n) is 3.74. The summed E-state index contributed by atoms with van der Waals surface area (Å²) in [5.41, 5.74) is -0.557. The molecule has 0 N–H and O–H groups in total. The van der Waals surface area contributed by atoms with Crippen molar-refractivity contribution < 1.29 is 22.8 Å². The van der Waals surface area contributed by atoms with Crippen molar-refractivity contribution >= 4 is 11.7 Å². The molecule has 90 valence electrons. The van der Waals surface area contributed by atoms with Crippen molar-refractivity contribution in [3.8, 4) is 0 Å². The van der Waals surface area contributed by atoms with Crippen LogP contribution in [0.4, 0.5) is 13.2 Å². The van der Waals surface area contributed by atoms with Crippen molar-refractivity contribution in [1.82, 2.24) is 4.90 Å². The van der Waals surface area contributed by atoms with Crippen LogP contribution in [-0.2, 0) is 4.79 Å². The molecule has 1 amide bonds. The number of nitrogens with zero attached hydrogens (tertiary/aromatic N) is 1. The molecule has 1 saturated heterocycles. The van der Waals surface area contributed by atoms with E-state index in [1.165, 1.54) is 0 Å². The monoisotopic (exact) mass is 243 g/mol. The highest BCUT2D eigenvalue weighted by molar-refractivity contribution is 5.98. The Morgan fingerprint density at radius 2 is 1.88 bits per heavy atom. The molecule has 1 aromatic rings. The fourth-order valence-electron chi connectivity index (χ4n) is 1.67. The van der Waals surface area contributed by atoms with Gasteiger partial charge >= 0.3 is 0 Å². The largest absolute Gasteiger partial charge is 0.331 e. The SMILES string of the molecule is O=C1CCN(C(=O)c2ccc(F)c(F)c2F)C1. The summed E-state index contributed by atoms with van der Waals surface area (Å²) in [5.74, 6) is -5.49. The normalized spacial score (nSPS) is 15.5. The average Bonchev–Trinajstić information content (AvgIpc) is 2.72. The summed E-state index contributed by atoms with van der Waals surface area (Å²) in [6, 6.07) is 1.56. The molecule has 17 heavy (non-hydrogen) atoms. The number of benzene rings is 1. The molecule has 1 aliphatic heterocycles. The summed E-state index contributed by atoms with van der Waals surface area (Å²) in [6.07, 6.45) is 0.205. The van der Waals surface area contributed by atoms with Crippen molar-refractivity contribution in [2.75, 3.05) is 13.1 Å². The van der Waals surface area contributed by atoms with Gasteiger partial charge in [0.25, 0.3) is 5.91 Å². The van der Waals surface area contributed by atoms with Crippen molar-refractivity contribution in [3.63, 3.8) is 0 Å². The highest BCUT2D eigenvalue weighted by Crippen LogP contribution is 2.18. The lowest BCUT2D eigenvalue weighted by Crippen LogP contribution is -2.29. The first-order chi connectivity index (χ1) is 8.00. The van der Waals surface area contributed by atoms with Gasteiger partial charge in [-0.1, -0.05) is 0 Å². The molecular weight excluding hydrogens is 235 g/mol. The summed E-state index contributed by atoms with van der Waals surface area (Å²) in [4.78, 5) is 23.8. The van der Waals surface area contributed by atoms with E-state index in [1.54, 1.807) is 0 Å². The zero-order valence-electron chi connectivity index (χ0n) is 8.67. The third kappa shape index (κ3) is 2.02. The Balaban J connectivity index is 2.32. The van der Waals surface area contributed by atoms with Crippen LogP contribution in [0.1, 0.15) is 16.8 Å². The Morgan fingerprint density at radius 1 is 1.18 bits per heavy atom. The van der Waals surface area contributed by atoms with Gasteiger partial charge in [-0.15, -0.1) is 0 Å². The van der Waals surface area contributed by atoms with Crippen molar-refractivity contribution in [2.45, 2.75) is 6.42 Å². The number of carbonyl (C=O) groups excluding carboxylic acids is 2. The predicted octanol–water partition coefficient (Wildman–Crippen LogP) is 1.52. The predicted molar refractivity (Wildman–Crippen MR) is 51.8 cm³/mol. The molecule has 0 radical (unpaired) electrons. The summed E-state index contributed by atoms with van der Waals surface area (Å²) in [5, 5.41) is 0.